The van der Waals surface area contributed by atoms with Crippen LogP contribution < -0.4 is 10.1 Å². The first-order valence-electron chi connectivity index (χ1n) is 11.4. The van der Waals surface area contributed by atoms with E-state index in [-0.39, 0.29) is 5.91 Å². The molecular weight excluding hydrogens is 510 g/mol. The zero-order valence-electron chi connectivity index (χ0n) is 19.0. The lowest BCUT2D eigenvalue weighted by Crippen LogP contribution is -2.52. The first kappa shape index (κ1) is 24.4. The molecule has 1 aliphatic heterocycles. The molecule has 0 spiro atoms. The van der Waals surface area contributed by atoms with Crippen LogP contribution in [0.1, 0.15) is 21.5 Å². The number of amides is 1. The fourth-order valence-corrected chi connectivity index (χ4v) is 4.56. The van der Waals surface area contributed by atoms with Crippen LogP contribution >= 0.6 is 28.1 Å². The van der Waals surface area contributed by atoms with Crippen LogP contribution in [0.3, 0.4) is 0 Å². The summed E-state index contributed by atoms with van der Waals surface area (Å²) in [5, 5.41) is 3.36. The summed E-state index contributed by atoms with van der Waals surface area (Å²) in [4.78, 5) is 17.5. The highest BCUT2D eigenvalue weighted by atomic mass is 79.9. The number of ether oxygens (including phenoxy) is 1. The van der Waals surface area contributed by atoms with Gasteiger partial charge in [-0.3, -0.25) is 15.0 Å². The number of nitrogens with one attached hydrogen (secondary N) is 1. The van der Waals surface area contributed by atoms with Gasteiger partial charge in [0.05, 0.1) is 12.2 Å². The van der Waals surface area contributed by atoms with Crippen molar-refractivity contribution in [1.82, 2.24) is 15.1 Å². The summed E-state index contributed by atoms with van der Waals surface area (Å²) in [5.41, 5.74) is 2.96. The van der Waals surface area contributed by atoms with Crippen molar-refractivity contribution < 1.29 is 9.53 Å². The number of halogens is 1. The standard InChI is InChI=1S/C27H28BrN3O2S/c28-23-11-12-25(33-18-13-21-7-3-1-4-8-21)24(19-23)26(32)29-27(34)31-16-14-30(15-17-31)20-22-9-5-2-6-10-22/h1-12,19H,13-18,20H2,(H,29,32,34). The number of carbonyl (C=O) groups excluding carboxylic acids is 1. The molecule has 1 N–H and O–H groups in total. The third-order valence-electron chi connectivity index (χ3n) is 5.81. The molecule has 0 saturated carbocycles. The predicted molar refractivity (Wildman–Crippen MR) is 143 cm³/mol. The molecule has 34 heavy (non-hydrogen) atoms. The lowest BCUT2D eigenvalue weighted by atomic mass is 10.1. The van der Waals surface area contributed by atoms with Gasteiger partial charge in [-0.25, -0.2) is 0 Å². The molecule has 5 nitrogen and oxygen atoms in total. The Hall–Kier alpha value is -2.74. The highest BCUT2D eigenvalue weighted by Crippen LogP contribution is 2.24. The van der Waals surface area contributed by atoms with Gasteiger partial charge < -0.3 is 9.64 Å². The molecule has 0 atom stereocenters. The van der Waals surface area contributed by atoms with E-state index in [2.05, 4.69) is 67.4 Å². The Kier molecular flexibility index (Phi) is 8.68. The van der Waals surface area contributed by atoms with Gasteiger partial charge >= 0.3 is 0 Å². The fourth-order valence-electron chi connectivity index (χ4n) is 3.92. The molecule has 1 aliphatic rings. The van der Waals surface area contributed by atoms with Gasteiger partial charge in [0.15, 0.2) is 5.11 Å². The maximum atomic E-state index is 13.1. The molecule has 1 amide bonds. The molecule has 3 aromatic carbocycles. The zero-order valence-corrected chi connectivity index (χ0v) is 21.4. The van der Waals surface area contributed by atoms with Crippen LogP contribution in [0.5, 0.6) is 5.75 Å². The van der Waals surface area contributed by atoms with E-state index >= 15 is 0 Å². The molecule has 1 heterocycles. The number of carbonyl (C=O) groups is 1. The summed E-state index contributed by atoms with van der Waals surface area (Å²) in [6.07, 6.45) is 0.767. The molecule has 176 valence electrons. The highest BCUT2D eigenvalue weighted by molar-refractivity contribution is 9.10. The lowest BCUT2D eigenvalue weighted by molar-refractivity contribution is 0.0965. The Bertz CT molecular complexity index is 1100. The Morgan fingerprint density at radius 2 is 1.56 bits per heavy atom. The summed E-state index contributed by atoms with van der Waals surface area (Å²) in [5.74, 6) is 0.292. The zero-order chi connectivity index (χ0) is 23.8. The Morgan fingerprint density at radius 3 is 2.24 bits per heavy atom. The van der Waals surface area contributed by atoms with Crippen molar-refractivity contribution in [3.05, 3.63) is 100 Å². The van der Waals surface area contributed by atoms with Crippen molar-refractivity contribution in [1.29, 1.82) is 0 Å². The third-order valence-corrected chi connectivity index (χ3v) is 6.66. The first-order valence-corrected chi connectivity index (χ1v) is 12.6. The summed E-state index contributed by atoms with van der Waals surface area (Å²) in [7, 11) is 0. The molecule has 7 heteroatoms. The molecule has 0 unspecified atom stereocenters. The van der Waals surface area contributed by atoms with Crippen LogP contribution in [0.4, 0.5) is 0 Å². The quantitative estimate of drug-likeness (QED) is 0.434. The van der Waals surface area contributed by atoms with E-state index in [4.69, 9.17) is 17.0 Å². The fraction of sp³-hybridized carbons (Fsp3) is 0.259. The molecule has 1 fully saturated rings. The SMILES string of the molecule is O=C(NC(=S)N1CCN(Cc2ccccc2)CC1)c1cc(Br)ccc1OCCc1ccccc1. The summed E-state index contributed by atoms with van der Waals surface area (Å²) in [6.45, 7) is 4.77. The van der Waals surface area contributed by atoms with Gasteiger partial charge in [0.1, 0.15) is 5.75 Å². The van der Waals surface area contributed by atoms with Gasteiger partial charge in [0.2, 0.25) is 0 Å². The number of nitrogens with zero attached hydrogens (tertiary/aromatic N) is 2. The number of thiocarbonyl (C=S) groups is 1. The maximum absolute atomic E-state index is 13.1. The number of hydrogen-bond acceptors (Lipinski definition) is 4. The highest BCUT2D eigenvalue weighted by Gasteiger charge is 2.22. The van der Waals surface area contributed by atoms with Crippen molar-refractivity contribution in [3.63, 3.8) is 0 Å². The van der Waals surface area contributed by atoms with E-state index in [0.717, 1.165) is 43.6 Å². The van der Waals surface area contributed by atoms with Gasteiger partial charge in [-0.05, 0) is 41.5 Å². The van der Waals surface area contributed by atoms with Crippen molar-refractivity contribution >= 4 is 39.2 Å². The van der Waals surface area contributed by atoms with Crippen molar-refractivity contribution in [3.8, 4) is 5.75 Å². The Balaban J connectivity index is 1.30. The minimum atomic E-state index is -0.257. The van der Waals surface area contributed by atoms with Crippen LogP contribution in [0.25, 0.3) is 0 Å². The smallest absolute Gasteiger partial charge is 0.261 e. The van der Waals surface area contributed by atoms with E-state index < -0.39 is 0 Å². The number of piperazine rings is 1. The summed E-state index contributed by atoms with van der Waals surface area (Å²) in [6, 6.07) is 26.1. The minimum absolute atomic E-state index is 0.257. The molecule has 3 aromatic rings. The third kappa shape index (κ3) is 6.88. The number of rotatable bonds is 7. The summed E-state index contributed by atoms with van der Waals surface area (Å²) < 4.78 is 6.78. The molecule has 0 aromatic heterocycles. The molecule has 1 saturated heterocycles. The van der Waals surface area contributed by atoms with Crippen LogP contribution in [-0.4, -0.2) is 53.6 Å². The van der Waals surface area contributed by atoms with E-state index in [1.807, 2.05) is 36.4 Å². The Labute approximate surface area is 214 Å². The van der Waals surface area contributed by atoms with Crippen molar-refractivity contribution in [2.45, 2.75) is 13.0 Å². The van der Waals surface area contributed by atoms with E-state index in [1.165, 1.54) is 11.1 Å². The second-order valence-corrected chi connectivity index (χ2v) is 9.53. The van der Waals surface area contributed by atoms with Gasteiger partial charge in [-0.1, -0.05) is 76.6 Å². The predicted octanol–water partition coefficient (Wildman–Crippen LogP) is 4.90. The van der Waals surface area contributed by atoms with Crippen molar-refractivity contribution in [2.75, 3.05) is 32.8 Å². The van der Waals surface area contributed by atoms with Gasteiger partial charge in [-0.15, -0.1) is 0 Å². The maximum Gasteiger partial charge on any atom is 0.261 e. The lowest BCUT2D eigenvalue weighted by Gasteiger charge is -2.36. The van der Waals surface area contributed by atoms with E-state index in [9.17, 15) is 4.79 Å². The number of hydrogen-bond donors (Lipinski definition) is 1. The number of benzene rings is 3. The van der Waals surface area contributed by atoms with Crippen LogP contribution in [-0.2, 0) is 13.0 Å². The second kappa shape index (κ2) is 12.1. The summed E-state index contributed by atoms with van der Waals surface area (Å²) >= 11 is 9.03. The monoisotopic (exact) mass is 537 g/mol. The van der Waals surface area contributed by atoms with E-state index in [1.54, 1.807) is 6.07 Å². The average Bonchev–Trinajstić information content (AvgIpc) is 2.86. The molecular formula is C27H28BrN3O2S. The van der Waals surface area contributed by atoms with Gasteiger partial charge in [-0.2, -0.15) is 0 Å². The van der Waals surface area contributed by atoms with Crippen LogP contribution in [0.15, 0.2) is 83.3 Å². The normalized spacial score (nSPS) is 14.0. The molecule has 4 rings (SSSR count). The van der Waals surface area contributed by atoms with E-state index in [0.29, 0.717) is 23.0 Å². The average molecular weight is 539 g/mol. The van der Waals surface area contributed by atoms with Crippen LogP contribution in [0, 0.1) is 0 Å². The molecule has 0 radical (unpaired) electrons. The second-order valence-electron chi connectivity index (χ2n) is 8.23. The molecule has 0 aliphatic carbocycles. The topological polar surface area (TPSA) is 44.8 Å². The molecule has 0 bridgehead atoms. The van der Waals surface area contributed by atoms with Gasteiger partial charge in [0, 0.05) is 43.6 Å². The minimum Gasteiger partial charge on any atom is -0.492 e. The van der Waals surface area contributed by atoms with Crippen molar-refractivity contribution in [2.24, 2.45) is 0 Å². The van der Waals surface area contributed by atoms with Crippen LogP contribution in [0.2, 0.25) is 0 Å². The van der Waals surface area contributed by atoms with Gasteiger partial charge in [0.25, 0.3) is 5.91 Å². The first-order chi connectivity index (χ1) is 16.6. The largest absolute Gasteiger partial charge is 0.492 e. The Morgan fingerprint density at radius 1 is 0.912 bits per heavy atom.